The molecule has 0 aromatic carbocycles. The average molecular weight is 260 g/mol. The van der Waals surface area contributed by atoms with Crippen LogP contribution in [0.5, 0.6) is 0 Å². The van der Waals surface area contributed by atoms with Gasteiger partial charge in [-0.25, -0.2) is 0 Å². The van der Waals surface area contributed by atoms with Crippen LogP contribution in [-0.2, 0) is 4.74 Å². The Kier molecular flexibility index (Phi) is 3.85. The fraction of sp³-hybridized carbons (Fsp3) is 0.688. The molecule has 2 fully saturated rings. The summed E-state index contributed by atoms with van der Waals surface area (Å²) in [5.41, 5.74) is 1.55. The van der Waals surface area contributed by atoms with E-state index in [0.29, 0.717) is 12.1 Å². The second-order valence-corrected chi connectivity index (χ2v) is 6.08. The van der Waals surface area contributed by atoms with Gasteiger partial charge in [-0.15, -0.1) is 0 Å². The lowest BCUT2D eigenvalue weighted by molar-refractivity contribution is -0.0357. The van der Waals surface area contributed by atoms with Gasteiger partial charge in [-0.2, -0.15) is 0 Å². The molecule has 1 saturated heterocycles. The Labute approximate surface area is 115 Å². The van der Waals surface area contributed by atoms with Crippen molar-refractivity contribution in [3.8, 4) is 0 Å². The van der Waals surface area contributed by atoms with Crippen molar-refractivity contribution >= 4 is 0 Å². The molecule has 1 unspecified atom stereocenters. The molecular weight excluding hydrogens is 236 g/mol. The lowest BCUT2D eigenvalue weighted by atomic mass is 9.98. The van der Waals surface area contributed by atoms with Crippen molar-refractivity contribution in [2.45, 2.75) is 63.2 Å². The highest BCUT2D eigenvalue weighted by Gasteiger charge is 2.41. The highest BCUT2D eigenvalue weighted by Crippen LogP contribution is 2.43. The second-order valence-electron chi connectivity index (χ2n) is 6.08. The number of hydrogen-bond acceptors (Lipinski definition) is 3. The van der Waals surface area contributed by atoms with E-state index in [4.69, 9.17) is 4.74 Å². The molecule has 2 atom stereocenters. The molecule has 2 heterocycles. The molecule has 1 spiro atoms. The van der Waals surface area contributed by atoms with Crippen LogP contribution < -0.4 is 5.32 Å². The lowest BCUT2D eigenvalue weighted by Gasteiger charge is -2.24. The third kappa shape index (κ3) is 2.98. The monoisotopic (exact) mass is 260 g/mol. The van der Waals surface area contributed by atoms with Crippen molar-refractivity contribution in [1.29, 1.82) is 0 Å². The minimum atomic E-state index is 0.256. The number of hydrogen-bond donors (Lipinski definition) is 1. The molecule has 1 aliphatic heterocycles. The van der Waals surface area contributed by atoms with Gasteiger partial charge in [0.25, 0.3) is 0 Å². The van der Waals surface area contributed by atoms with E-state index in [1.165, 1.54) is 44.1 Å². The predicted molar refractivity (Wildman–Crippen MR) is 76.0 cm³/mol. The smallest absolute Gasteiger partial charge is 0.0708 e. The highest BCUT2D eigenvalue weighted by molar-refractivity contribution is 5.13. The third-order valence-corrected chi connectivity index (χ3v) is 4.71. The van der Waals surface area contributed by atoms with Crippen molar-refractivity contribution in [1.82, 2.24) is 10.3 Å². The fourth-order valence-electron chi connectivity index (χ4n) is 3.50. The number of pyridine rings is 1. The van der Waals surface area contributed by atoms with Gasteiger partial charge in [-0.05, 0) is 50.3 Å². The molecule has 0 radical (unpaired) electrons. The first-order valence-corrected chi connectivity index (χ1v) is 7.59. The van der Waals surface area contributed by atoms with Crippen LogP contribution in [-0.4, -0.2) is 23.2 Å². The summed E-state index contributed by atoms with van der Waals surface area (Å²) in [5.74, 6) is 0. The van der Waals surface area contributed by atoms with Crippen molar-refractivity contribution in [2.24, 2.45) is 0 Å². The number of rotatable bonds is 4. The van der Waals surface area contributed by atoms with Crippen LogP contribution in [0, 0.1) is 0 Å². The van der Waals surface area contributed by atoms with Gasteiger partial charge in [0.1, 0.15) is 0 Å². The normalized spacial score (nSPS) is 26.9. The van der Waals surface area contributed by atoms with E-state index < -0.39 is 0 Å². The summed E-state index contributed by atoms with van der Waals surface area (Å²) in [4.78, 5) is 4.06. The van der Waals surface area contributed by atoms with Gasteiger partial charge < -0.3 is 10.1 Å². The lowest BCUT2D eigenvalue weighted by Crippen LogP contribution is -2.32. The first-order chi connectivity index (χ1) is 9.27. The molecule has 1 saturated carbocycles. The zero-order valence-electron chi connectivity index (χ0n) is 11.8. The van der Waals surface area contributed by atoms with Crippen LogP contribution in [0.2, 0.25) is 0 Å². The van der Waals surface area contributed by atoms with E-state index in [1.807, 2.05) is 12.4 Å². The van der Waals surface area contributed by atoms with Crippen LogP contribution >= 0.6 is 0 Å². The predicted octanol–water partition coefficient (Wildman–Crippen LogP) is 3.22. The fourth-order valence-corrected chi connectivity index (χ4v) is 3.50. The van der Waals surface area contributed by atoms with Crippen LogP contribution in [0.3, 0.4) is 0 Å². The molecule has 2 aliphatic rings. The first-order valence-electron chi connectivity index (χ1n) is 7.59. The van der Waals surface area contributed by atoms with E-state index in [1.54, 1.807) is 0 Å². The van der Waals surface area contributed by atoms with Crippen LogP contribution in [0.4, 0.5) is 0 Å². The minimum absolute atomic E-state index is 0.256. The van der Waals surface area contributed by atoms with Gasteiger partial charge in [0.15, 0.2) is 0 Å². The summed E-state index contributed by atoms with van der Waals surface area (Å²) in [5, 5.41) is 3.59. The third-order valence-electron chi connectivity index (χ3n) is 4.71. The zero-order valence-corrected chi connectivity index (χ0v) is 11.8. The Morgan fingerprint density at radius 3 is 2.79 bits per heavy atom. The van der Waals surface area contributed by atoms with Crippen molar-refractivity contribution in [2.75, 3.05) is 6.54 Å². The largest absolute Gasteiger partial charge is 0.370 e. The van der Waals surface area contributed by atoms with Crippen LogP contribution in [0.15, 0.2) is 24.5 Å². The summed E-state index contributed by atoms with van der Waals surface area (Å²) in [6, 6.07) is 4.52. The van der Waals surface area contributed by atoms with Gasteiger partial charge in [0.2, 0.25) is 0 Å². The maximum atomic E-state index is 6.32. The van der Waals surface area contributed by atoms with Gasteiger partial charge in [0.05, 0.1) is 11.7 Å². The number of aromatic nitrogens is 1. The Bertz CT molecular complexity index is 400. The average Bonchev–Trinajstić information content (AvgIpc) is 3.08. The Morgan fingerprint density at radius 2 is 2.05 bits per heavy atom. The van der Waals surface area contributed by atoms with Crippen LogP contribution in [0.1, 0.15) is 57.1 Å². The van der Waals surface area contributed by atoms with Crippen LogP contribution in [0.25, 0.3) is 0 Å². The number of nitrogens with one attached hydrogen (secondary N) is 1. The van der Waals surface area contributed by atoms with Gasteiger partial charge >= 0.3 is 0 Å². The molecule has 1 aromatic rings. The van der Waals surface area contributed by atoms with E-state index in [0.717, 1.165) is 6.54 Å². The summed E-state index contributed by atoms with van der Waals surface area (Å²) >= 11 is 0. The molecule has 104 valence electrons. The van der Waals surface area contributed by atoms with Gasteiger partial charge in [-0.1, -0.05) is 12.8 Å². The topological polar surface area (TPSA) is 34.1 Å². The molecular formula is C16H24N2O. The highest BCUT2D eigenvalue weighted by atomic mass is 16.5. The molecule has 1 aromatic heterocycles. The summed E-state index contributed by atoms with van der Waals surface area (Å²) in [6.45, 7) is 3.17. The summed E-state index contributed by atoms with van der Waals surface area (Å²) < 4.78 is 6.32. The Morgan fingerprint density at radius 1 is 1.32 bits per heavy atom. The maximum Gasteiger partial charge on any atom is 0.0708 e. The van der Waals surface area contributed by atoms with Gasteiger partial charge in [-0.3, -0.25) is 4.98 Å². The van der Waals surface area contributed by atoms with E-state index in [9.17, 15) is 0 Å². The number of ether oxygens (including phenoxy) is 1. The molecule has 0 amide bonds. The molecule has 1 aliphatic carbocycles. The van der Waals surface area contributed by atoms with Gasteiger partial charge in [0, 0.05) is 25.0 Å². The molecule has 3 rings (SSSR count). The van der Waals surface area contributed by atoms with Crippen molar-refractivity contribution < 1.29 is 4.74 Å². The maximum absolute atomic E-state index is 6.32. The molecule has 0 bridgehead atoms. The standard InChI is InChI=1S/C16H24N2O/c1-13(14-5-10-17-11-6-14)18-12-15-4-9-16(19-15)7-2-3-8-16/h5-6,10-11,13,15,18H,2-4,7-9,12H2,1H3/t13-,15?/m1/s1. The second kappa shape index (κ2) is 5.59. The molecule has 3 nitrogen and oxygen atoms in total. The van der Waals surface area contributed by atoms with E-state index >= 15 is 0 Å². The van der Waals surface area contributed by atoms with Crippen molar-refractivity contribution in [3.05, 3.63) is 30.1 Å². The first kappa shape index (κ1) is 13.1. The Hall–Kier alpha value is -0.930. The quantitative estimate of drug-likeness (QED) is 0.902. The van der Waals surface area contributed by atoms with Crippen molar-refractivity contribution in [3.63, 3.8) is 0 Å². The zero-order chi connectivity index (χ0) is 13.1. The Balaban J connectivity index is 1.48. The van der Waals surface area contributed by atoms with E-state index in [-0.39, 0.29) is 5.60 Å². The minimum Gasteiger partial charge on any atom is -0.370 e. The van der Waals surface area contributed by atoms with E-state index in [2.05, 4.69) is 29.4 Å². The summed E-state index contributed by atoms with van der Waals surface area (Å²) in [6.07, 6.45) is 11.9. The SMILES string of the molecule is C[C@@H](NCC1CCC2(CCCC2)O1)c1ccncc1. The summed E-state index contributed by atoms with van der Waals surface area (Å²) in [7, 11) is 0. The number of nitrogens with zero attached hydrogens (tertiary/aromatic N) is 1. The molecule has 19 heavy (non-hydrogen) atoms. The molecule has 3 heteroatoms. The molecule has 1 N–H and O–H groups in total.